The van der Waals surface area contributed by atoms with E-state index < -0.39 is 0 Å². The van der Waals surface area contributed by atoms with E-state index >= 15 is 0 Å². The molecule has 6 aromatic rings. The molecule has 220 valence electrons. The van der Waals surface area contributed by atoms with Crippen LogP contribution in [0.15, 0.2) is 95.5 Å². The van der Waals surface area contributed by atoms with E-state index in [1.54, 1.807) is 21.3 Å². The first-order valence-electron chi connectivity index (χ1n) is 13.7. The number of benzene rings is 4. The van der Waals surface area contributed by atoms with Gasteiger partial charge in [-0.15, -0.1) is 0 Å². The van der Waals surface area contributed by atoms with E-state index in [4.69, 9.17) is 23.7 Å². The predicted octanol–water partition coefficient (Wildman–Crippen LogP) is 7.78. The fourth-order valence-corrected chi connectivity index (χ4v) is 5.31. The topological polar surface area (TPSA) is 109 Å². The van der Waals surface area contributed by atoms with Gasteiger partial charge in [0.2, 0.25) is 5.75 Å². The summed E-state index contributed by atoms with van der Waals surface area (Å²) in [6, 6.07) is 28.4. The lowest BCUT2D eigenvalue weighted by Gasteiger charge is -2.12. The molecular formula is C34H28N4O5S. The molecule has 9 nitrogen and oxygen atoms in total. The number of ether oxygens (including phenoxy) is 3. The van der Waals surface area contributed by atoms with Crippen molar-refractivity contribution in [3.05, 3.63) is 102 Å². The lowest BCUT2D eigenvalue weighted by molar-refractivity contribution is 0.102. The number of carbonyl (C=O) groups is 1. The van der Waals surface area contributed by atoms with Crippen LogP contribution in [0.5, 0.6) is 17.2 Å². The first kappa shape index (κ1) is 28.6. The Morgan fingerprint density at radius 3 is 2.02 bits per heavy atom. The van der Waals surface area contributed by atoms with Gasteiger partial charge < -0.3 is 24.1 Å². The lowest BCUT2D eigenvalue weighted by atomic mass is 10.1. The molecule has 0 atom stereocenters. The summed E-state index contributed by atoms with van der Waals surface area (Å²) in [6.45, 7) is 1.99. The van der Waals surface area contributed by atoms with Gasteiger partial charge in [0.25, 0.3) is 5.91 Å². The standard InChI is InChI=1S/C34H28N4O5S/c1-20-5-7-23(8-6-20)33(39)35-26-15-13-24(14-16-26)34-36-32(38-44-34)22-11-9-21(10-12-22)27-19-28(43-37-27)25-17-29(40-2)31(42-4)30(18-25)41-3/h5-19H,1-4H3,(H,35,39). The smallest absolute Gasteiger partial charge is 0.255 e. The molecule has 4 aromatic carbocycles. The molecule has 0 aliphatic rings. The molecule has 1 amide bonds. The maximum Gasteiger partial charge on any atom is 0.255 e. The van der Waals surface area contributed by atoms with Crippen LogP contribution in [0.1, 0.15) is 15.9 Å². The average Bonchev–Trinajstić information content (AvgIpc) is 3.76. The van der Waals surface area contributed by atoms with Gasteiger partial charge in [-0.1, -0.05) is 47.1 Å². The highest BCUT2D eigenvalue weighted by Crippen LogP contribution is 2.41. The Bertz CT molecular complexity index is 1890. The Labute approximate surface area is 258 Å². The number of nitrogens with zero attached hydrogens (tertiary/aromatic N) is 3. The van der Waals surface area contributed by atoms with Gasteiger partial charge in [-0.3, -0.25) is 4.79 Å². The fourth-order valence-electron chi connectivity index (χ4n) is 4.62. The van der Waals surface area contributed by atoms with Crippen LogP contribution in [0.2, 0.25) is 0 Å². The van der Waals surface area contributed by atoms with Crippen LogP contribution in [0.3, 0.4) is 0 Å². The number of nitrogens with one attached hydrogen (secondary N) is 1. The number of hydrogen-bond acceptors (Lipinski definition) is 9. The molecule has 0 fully saturated rings. The number of aromatic nitrogens is 3. The lowest BCUT2D eigenvalue weighted by Crippen LogP contribution is -2.11. The van der Waals surface area contributed by atoms with Gasteiger partial charge in [-0.05, 0) is 67.0 Å². The number of anilines is 1. The third-order valence-electron chi connectivity index (χ3n) is 7.03. The minimum atomic E-state index is -0.151. The van der Waals surface area contributed by atoms with Crippen molar-refractivity contribution in [1.82, 2.24) is 14.5 Å². The Morgan fingerprint density at radius 2 is 1.39 bits per heavy atom. The Kier molecular flexibility index (Phi) is 8.07. The maximum atomic E-state index is 12.5. The molecule has 0 unspecified atom stereocenters. The number of amides is 1. The maximum absolute atomic E-state index is 12.5. The first-order chi connectivity index (χ1) is 21.4. The van der Waals surface area contributed by atoms with Gasteiger partial charge in [-0.25, -0.2) is 4.98 Å². The monoisotopic (exact) mass is 604 g/mol. The molecule has 0 radical (unpaired) electrons. The van der Waals surface area contributed by atoms with Gasteiger partial charge in [0.1, 0.15) is 10.7 Å². The molecule has 0 aliphatic heterocycles. The molecule has 0 aliphatic carbocycles. The molecule has 0 saturated carbocycles. The highest BCUT2D eigenvalue weighted by Gasteiger charge is 2.17. The van der Waals surface area contributed by atoms with Crippen molar-refractivity contribution in [2.75, 3.05) is 26.6 Å². The van der Waals surface area contributed by atoms with Gasteiger partial charge in [-0.2, -0.15) is 4.37 Å². The Morgan fingerprint density at radius 1 is 0.750 bits per heavy atom. The van der Waals surface area contributed by atoms with E-state index in [-0.39, 0.29) is 5.91 Å². The number of rotatable bonds is 9. The quantitative estimate of drug-likeness (QED) is 0.178. The van der Waals surface area contributed by atoms with E-state index in [0.29, 0.717) is 45.8 Å². The summed E-state index contributed by atoms with van der Waals surface area (Å²) in [4.78, 5) is 17.3. The SMILES string of the molecule is COc1cc(-c2cc(-c3ccc(-c4nsc(-c5ccc(NC(=O)c6ccc(C)cc6)cc5)n4)cc3)no2)cc(OC)c1OC. The van der Waals surface area contributed by atoms with Gasteiger partial charge in [0.05, 0.1) is 21.3 Å². The van der Waals surface area contributed by atoms with Crippen LogP contribution in [-0.2, 0) is 0 Å². The predicted molar refractivity (Wildman–Crippen MR) is 171 cm³/mol. The highest BCUT2D eigenvalue weighted by molar-refractivity contribution is 7.09. The summed E-state index contributed by atoms with van der Waals surface area (Å²) in [6.07, 6.45) is 0. The Balaban J connectivity index is 1.15. The third kappa shape index (κ3) is 5.88. The highest BCUT2D eigenvalue weighted by atomic mass is 32.1. The summed E-state index contributed by atoms with van der Waals surface area (Å²) in [5.74, 6) is 2.61. The van der Waals surface area contributed by atoms with Crippen LogP contribution in [0, 0.1) is 6.92 Å². The molecule has 0 saturated heterocycles. The first-order valence-corrected chi connectivity index (χ1v) is 14.4. The van der Waals surface area contributed by atoms with Crippen molar-refractivity contribution in [1.29, 1.82) is 0 Å². The van der Waals surface area contributed by atoms with E-state index in [2.05, 4.69) is 14.8 Å². The van der Waals surface area contributed by atoms with E-state index in [1.807, 2.05) is 97.9 Å². The number of hydrogen-bond donors (Lipinski definition) is 1. The minimum absolute atomic E-state index is 0.151. The molecule has 44 heavy (non-hydrogen) atoms. The van der Waals surface area contributed by atoms with Crippen LogP contribution < -0.4 is 19.5 Å². The molecule has 0 spiro atoms. The van der Waals surface area contributed by atoms with Crippen LogP contribution in [0.4, 0.5) is 5.69 Å². The molecule has 2 aromatic heterocycles. The zero-order valence-corrected chi connectivity index (χ0v) is 25.3. The number of aryl methyl sites for hydroxylation is 1. The van der Waals surface area contributed by atoms with Gasteiger partial charge in [0.15, 0.2) is 23.1 Å². The number of methoxy groups -OCH3 is 3. The molecule has 1 N–H and O–H groups in total. The van der Waals surface area contributed by atoms with Crippen LogP contribution in [0.25, 0.3) is 44.5 Å². The second kappa shape index (κ2) is 12.4. The molecular weight excluding hydrogens is 576 g/mol. The van der Waals surface area contributed by atoms with Crippen molar-refractivity contribution >= 4 is 23.1 Å². The fraction of sp³-hybridized carbons (Fsp3) is 0.118. The average molecular weight is 605 g/mol. The van der Waals surface area contributed by atoms with Gasteiger partial charge >= 0.3 is 0 Å². The van der Waals surface area contributed by atoms with E-state index in [0.717, 1.165) is 32.8 Å². The van der Waals surface area contributed by atoms with E-state index in [9.17, 15) is 4.79 Å². The molecule has 0 bridgehead atoms. The zero-order valence-electron chi connectivity index (χ0n) is 24.5. The summed E-state index contributed by atoms with van der Waals surface area (Å²) in [7, 11) is 4.70. The van der Waals surface area contributed by atoms with E-state index in [1.165, 1.54) is 11.5 Å². The molecule has 10 heteroatoms. The van der Waals surface area contributed by atoms with Gasteiger partial charge in [0, 0.05) is 39.6 Å². The second-order valence-corrected chi connectivity index (χ2v) is 10.6. The van der Waals surface area contributed by atoms with Crippen molar-refractivity contribution in [3.8, 4) is 61.8 Å². The third-order valence-corrected chi connectivity index (χ3v) is 7.79. The van der Waals surface area contributed by atoms with Crippen LogP contribution >= 0.6 is 11.5 Å². The second-order valence-electron chi connectivity index (χ2n) is 9.89. The Hall–Kier alpha value is -5.48. The van der Waals surface area contributed by atoms with Crippen molar-refractivity contribution in [2.24, 2.45) is 0 Å². The summed E-state index contributed by atoms with van der Waals surface area (Å²) >= 11 is 1.32. The normalized spacial score (nSPS) is 10.8. The largest absolute Gasteiger partial charge is 0.493 e. The summed E-state index contributed by atoms with van der Waals surface area (Å²) in [5, 5.41) is 7.98. The minimum Gasteiger partial charge on any atom is -0.493 e. The zero-order chi connectivity index (χ0) is 30.6. The number of carbonyl (C=O) groups excluding carboxylic acids is 1. The summed E-state index contributed by atoms with van der Waals surface area (Å²) < 4.78 is 26.6. The summed E-state index contributed by atoms with van der Waals surface area (Å²) in [5.41, 5.74) is 6.54. The van der Waals surface area contributed by atoms with Crippen molar-refractivity contribution in [3.63, 3.8) is 0 Å². The molecule has 6 rings (SSSR count). The molecule has 2 heterocycles. The van der Waals surface area contributed by atoms with Crippen LogP contribution in [-0.4, -0.2) is 41.8 Å². The van der Waals surface area contributed by atoms with Crippen molar-refractivity contribution < 1.29 is 23.5 Å². The van der Waals surface area contributed by atoms with Crippen molar-refractivity contribution in [2.45, 2.75) is 6.92 Å².